The van der Waals surface area contributed by atoms with Crippen LogP contribution in [0.1, 0.15) is 0 Å². The number of aliphatic imine (C=N–C) groups is 1. The second-order valence-electron chi connectivity index (χ2n) is 0.994. The lowest BCUT2D eigenvalue weighted by molar-refractivity contribution is 0.233. The molecule has 7 N–H and O–H groups in total. The fourth-order valence-corrected chi connectivity index (χ4v) is 0.155. The molecule has 0 aliphatic rings. The Kier molecular flexibility index (Phi) is 2.35. The van der Waals surface area contributed by atoms with Crippen molar-refractivity contribution in [2.45, 2.75) is 0 Å². The topological polar surface area (TPSA) is 121 Å². The fourth-order valence-electron chi connectivity index (χ4n) is 0.155. The first kappa shape index (κ1) is 6.70. The molecule has 0 saturated heterocycles. The average molecular weight is 117 g/mol. The summed E-state index contributed by atoms with van der Waals surface area (Å²) in [5, 5.41) is 14.4. The summed E-state index contributed by atoms with van der Waals surface area (Å²) in [6, 6.07) is 0. The van der Waals surface area contributed by atoms with Crippen LogP contribution in [0.25, 0.3) is 0 Å². The van der Waals surface area contributed by atoms with Crippen LogP contribution in [-0.2, 0) is 0 Å². The third-order valence-corrected chi connectivity index (χ3v) is 0.355. The largest absolute Gasteiger partial charge is 0.368 e. The molecule has 0 aliphatic heterocycles. The van der Waals surface area contributed by atoms with Crippen LogP contribution in [0.3, 0.4) is 0 Å². The van der Waals surface area contributed by atoms with E-state index < -0.39 is 5.96 Å². The van der Waals surface area contributed by atoms with Gasteiger partial charge >= 0.3 is 0 Å². The SMILES string of the molecule is N=C(N)/N=C(/N)NO. The van der Waals surface area contributed by atoms with Crippen molar-refractivity contribution in [1.82, 2.24) is 5.48 Å². The van der Waals surface area contributed by atoms with Crippen LogP contribution in [-0.4, -0.2) is 17.1 Å². The van der Waals surface area contributed by atoms with Crippen molar-refractivity contribution in [2.75, 3.05) is 0 Å². The average Bonchev–Trinajstić information content (AvgIpc) is 1.65. The second-order valence-corrected chi connectivity index (χ2v) is 0.994. The lowest BCUT2D eigenvalue weighted by Gasteiger charge is -1.92. The van der Waals surface area contributed by atoms with Crippen molar-refractivity contribution in [1.29, 1.82) is 5.41 Å². The molecular weight excluding hydrogens is 110 g/mol. The fraction of sp³-hybridized carbons (Fsp3) is 0. The Bertz CT molecular complexity index is 118. The maximum Gasteiger partial charge on any atom is 0.220 e. The predicted octanol–water partition coefficient (Wildman–Crippen LogP) is -1.83. The van der Waals surface area contributed by atoms with E-state index in [1.54, 1.807) is 0 Å². The zero-order chi connectivity index (χ0) is 6.57. The van der Waals surface area contributed by atoms with Gasteiger partial charge in [-0.05, 0) is 0 Å². The minimum absolute atomic E-state index is 0.294. The summed E-state index contributed by atoms with van der Waals surface area (Å²) >= 11 is 0. The van der Waals surface area contributed by atoms with Gasteiger partial charge in [-0.15, -0.1) is 0 Å². The Morgan fingerprint density at radius 1 is 1.62 bits per heavy atom. The Morgan fingerprint density at radius 3 is 2.25 bits per heavy atom. The molecule has 0 aromatic heterocycles. The summed E-state index contributed by atoms with van der Waals surface area (Å²) in [7, 11) is 0. The first-order valence-electron chi connectivity index (χ1n) is 1.75. The summed E-state index contributed by atoms with van der Waals surface area (Å²) in [6.45, 7) is 0. The Morgan fingerprint density at radius 2 is 2.12 bits per heavy atom. The van der Waals surface area contributed by atoms with E-state index in [1.807, 2.05) is 0 Å². The number of hydrogen-bond acceptors (Lipinski definition) is 2. The van der Waals surface area contributed by atoms with E-state index in [0.29, 0.717) is 0 Å². The molecule has 0 unspecified atom stereocenters. The molecule has 0 spiro atoms. The maximum atomic E-state index is 7.93. The molecule has 0 aromatic rings. The molecule has 6 heteroatoms. The molecule has 0 atom stereocenters. The van der Waals surface area contributed by atoms with E-state index in [4.69, 9.17) is 22.1 Å². The van der Waals surface area contributed by atoms with Crippen molar-refractivity contribution in [3.63, 3.8) is 0 Å². The lowest BCUT2D eigenvalue weighted by atomic mass is 11.0. The first-order chi connectivity index (χ1) is 3.66. The molecule has 0 aromatic carbocycles. The number of rotatable bonds is 0. The van der Waals surface area contributed by atoms with E-state index in [1.165, 1.54) is 5.48 Å². The number of nitrogens with one attached hydrogen (secondary N) is 2. The molecule has 6 nitrogen and oxygen atoms in total. The summed E-state index contributed by atoms with van der Waals surface area (Å²) in [5.41, 5.74) is 11.1. The zero-order valence-corrected chi connectivity index (χ0v) is 4.05. The Hall–Kier alpha value is -1.30. The van der Waals surface area contributed by atoms with Gasteiger partial charge in [0.25, 0.3) is 0 Å². The van der Waals surface area contributed by atoms with Crippen LogP contribution >= 0.6 is 0 Å². The third-order valence-electron chi connectivity index (χ3n) is 0.355. The molecule has 46 valence electrons. The molecule has 0 rings (SSSR count). The molecular formula is C2H7N5O. The standard InChI is InChI=1S/C2H7N5O/c3-1(4)6-2(5)7-8/h8H,(H6,3,4,5,6,7). The number of hydrogen-bond donors (Lipinski definition) is 5. The predicted molar refractivity (Wildman–Crippen MR) is 28.5 cm³/mol. The summed E-state index contributed by atoms with van der Waals surface area (Å²) < 4.78 is 0. The lowest BCUT2D eigenvalue weighted by Crippen LogP contribution is -2.30. The van der Waals surface area contributed by atoms with Gasteiger partial charge in [-0.3, -0.25) is 10.6 Å². The number of nitrogens with two attached hydrogens (primary N) is 2. The highest BCUT2D eigenvalue weighted by atomic mass is 16.5. The van der Waals surface area contributed by atoms with Gasteiger partial charge < -0.3 is 11.5 Å². The second kappa shape index (κ2) is 2.80. The molecule has 0 amide bonds. The Labute approximate surface area is 45.7 Å². The monoisotopic (exact) mass is 117 g/mol. The first-order valence-corrected chi connectivity index (χ1v) is 1.75. The van der Waals surface area contributed by atoms with Crippen molar-refractivity contribution in [3.8, 4) is 0 Å². The van der Waals surface area contributed by atoms with Crippen molar-refractivity contribution < 1.29 is 5.21 Å². The van der Waals surface area contributed by atoms with Crippen molar-refractivity contribution in [3.05, 3.63) is 0 Å². The number of guanidine groups is 2. The molecule has 0 aliphatic carbocycles. The smallest absolute Gasteiger partial charge is 0.220 e. The molecule has 0 heterocycles. The van der Waals surface area contributed by atoms with Gasteiger partial charge in [0.1, 0.15) is 0 Å². The van der Waals surface area contributed by atoms with E-state index >= 15 is 0 Å². The van der Waals surface area contributed by atoms with Crippen LogP contribution in [0.15, 0.2) is 4.99 Å². The van der Waals surface area contributed by atoms with Gasteiger partial charge in [-0.1, -0.05) is 0 Å². The van der Waals surface area contributed by atoms with Crippen molar-refractivity contribution >= 4 is 11.9 Å². The van der Waals surface area contributed by atoms with Crippen LogP contribution in [0.2, 0.25) is 0 Å². The highest BCUT2D eigenvalue weighted by Gasteiger charge is 1.84. The van der Waals surface area contributed by atoms with E-state index in [2.05, 4.69) is 4.99 Å². The number of hydroxylamine groups is 1. The van der Waals surface area contributed by atoms with Gasteiger partial charge in [0.05, 0.1) is 0 Å². The van der Waals surface area contributed by atoms with Crippen LogP contribution in [0.5, 0.6) is 0 Å². The molecule has 8 heavy (non-hydrogen) atoms. The molecule has 0 bridgehead atoms. The van der Waals surface area contributed by atoms with Crippen LogP contribution in [0.4, 0.5) is 0 Å². The summed E-state index contributed by atoms with van der Waals surface area (Å²) in [4.78, 5) is 3.09. The zero-order valence-electron chi connectivity index (χ0n) is 4.05. The van der Waals surface area contributed by atoms with Crippen molar-refractivity contribution in [2.24, 2.45) is 16.5 Å². The van der Waals surface area contributed by atoms with Crippen LogP contribution < -0.4 is 16.9 Å². The number of nitrogens with zero attached hydrogens (tertiary/aromatic N) is 1. The summed E-state index contributed by atoms with van der Waals surface area (Å²) in [5.74, 6) is -0.749. The quantitative estimate of drug-likeness (QED) is 0.145. The Balaban J connectivity index is 3.75. The maximum absolute atomic E-state index is 7.93. The molecule has 0 radical (unpaired) electrons. The highest BCUT2D eigenvalue weighted by molar-refractivity contribution is 5.91. The van der Waals surface area contributed by atoms with E-state index in [9.17, 15) is 0 Å². The molecule has 0 fully saturated rings. The van der Waals surface area contributed by atoms with E-state index in [0.717, 1.165) is 0 Å². The minimum Gasteiger partial charge on any atom is -0.368 e. The van der Waals surface area contributed by atoms with Gasteiger partial charge in [0, 0.05) is 0 Å². The van der Waals surface area contributed by atoms with E-state index in [-0.39, 0.29) is 5.96 Å². The van der Waals surface area contributed by atoms with Crippen LogP contribution in [0, 0.1) is 5.41 Å². The van der Waals surface area contributed by atoms with Gasteiger partial charge in [0.2, 0.25) is 11.9 Å². The van der Waals surface area contributed by atoms with Gasteiger partial charge in [-0.25, -0.2) is 5.48 Å². The third kappa shape index (κ3) is 2.91. The minimum atomic E-state index is -0.455. The highest BCUT2D eigenvalue weighted by Crippen LogP contribution is 1.60. The van der Waals surface area contributed by atoms with Gasteiger partial charge in [-0.2, -0.15) is 4.99 Å². The van der Waals surface area contributed by atoms with Gasteiger partial charge in [0.15, 0.2) is 0 Å². The summed E-state index contributed by atoms with van der Waals surface area (Å²) in [6.07, 6.45) is 0. The normalized spacial score (nSPS) is 10.9. The molecule has 0 saturated carbocycles.